The smallest absolute Gasteiger partial charge is 0.376 e. The maximum absolute atomic E-state index is 13.3. The van der Waals surface area contributed by atoms with E-state index in [1.807, 2.05) is 0 Å². The van der Waals surface area contributed by atoms with E-state index in [0.29, 0.717) is 24.9 Å². The number of hydrogen-bond acceptors (Lipinski definition) is 5. The lowest BCUT2D eigenvalue weighted by Crippen LogP contribution is -2.57. The quantitative estimate of drug-likeness (QED) is 0.247. The van der Waals surface area contributed by atoms with Gasteiger partial charge in [-0.05, 0) is 55.6 Å². The molecule has 2 N–H and O–H groups in total. The van der Waals surface area contributed by atoms with Crippen LogP contribution in [0.3, 0.4) is 0 Å². The van der Waals surface area contributed by atoms with Crippen LogP contribution in [0, 0.1) is 0 Å². The van der Waals surface area contributed by atoms with Gasteiger partial charge < -0.3 is 14.8 Å². The zero-order valence-electron chi connectivity index (χ0n) is 18.4. The van der Waals surface area contributed by atoms with E-state index in [0.717, 1.165) is 25.0 Å². The largest absolute Gasteiger partial charge is 0.534 e. The van der Waals surface area contributed by atoms with Gasteiger partial charge in [-0.1, -0.05) is 53.9 Å². The summed E-state index contributed by atoms with van der Waals surface area (Å²) in [5.74, 6) is -1.10. The SMILES string of the molecule is C=CC[C@]1([C@@H](NC(=O)c2cccc(Cl)c2Cl)c2cccc(OS(=O)(=O)C(F)(F)F)c2)CCCCN1. The maximum Gasteiger partial charge on any atom is 0.534 e. The van der Waals surface area contributed by atoms with E-state index >= 15 is 0 Å². The van der Waals surface area contributed by atoms with Gasteiger partial charge in [-0.25, -0.2) is 0 Å². The van der Waals surface area contributed by atoms with Gasteiger partial charge in [0.25, 0.3) is 5.91 Å². The highest BCUT2D eigenvalue weighted by Gasteiger charge is 2.49. The van der Waals surface area contributed by atoms with Crippen LogP contribution in [-0.4, -0.2) is 31.9 Å². The average molecular weight is 551 g/mol. The third-order valence-electron chi connectivity index (χ3n) is 5.74. The molecular weight excluding hydrogens is 528 g/mol. The number of carbonyl (C=O) groups excluding carboxylic acids is 1. The summed E-state index contributed by atoms with van der Waals surface area (Å²) >= 11 is 12.3. The molecule has 1 aliphatic heterocycles. The standard InChI is InChI=1S/C23H23Cl2F3N2O4S/c1-2-11-22(12-3-4-13-29-22)20(30-21(31)17-9-6-10-18(24)19(17)25)15-7-5-8-16(14-15)34-35(32,33)23(26,27)28/h2,5-10,14,20,29H,1,3-4,11-13H2,(H,30,31)/t20-,22+/m0/s1. The third-order valence-corrected chi connectivity index (χ3v) is 7.54. The number of rotatable bonds is 8. The molecule has 0 spiro atoms. The molecular formula is C23H23Cl2F3N2O4S. The molecule has 0 aromatic heterocycles. The van der Waals surface area contributed by atoms with Gasteiger partial charge in [0.15, 0.2) is 0 Å². The minimum absolute atomic E-state index is 0.0492. The van der Waals surface area contributed by atoms with Gasteiger partial charge in [-0.2, -0.15) is 21.6 Å². The summed E-state index contributed by atoms with van der Waals surface area (Å²) in [7, 11) is -5.87. The molecule has 0 bridgehead atoms. The van der Waals surface area contributed by atoms with E-state index in [-0.39, 0.29) is 15.6 Å². The van der Waals surface area contributed by atoms with Crippen LogP contribution in [0.25, 0.3) is 0 Å². The Morgan fingerprint density at radius 1 is 1.23 bits per heavy atom. The van der Waals surface area contributed by atoms with E-state index in [4.69, 9.17) is 23.2 Å². The molecule has 6 nitrogen and oxygen atoms in total. The number of nitrogens with one attached hydrogen (secondary N) is 2. The van der Waals surface area contributed by atoms with Gasteiger partial charge >= 0.3 is 15.6 Å². The van der Waals surface area contributed by atoms with Crippen LogP contribution in [0.1, 0.15) is 47.6 Å². The molecule has 2 atom stereocenters. The van der Waals surface area contributed by atoms with Crippen molar-refractivity contribution in [1.82, 2.24) is 10.6 Å². The Morgan fingerprint density at radius 3 is 2.57 bits per heavy atom. The summed E-state index contributed by atoms with van der Waals surface area (Å²) in [4.78, 5) is 13.3. The molecule has 0 saturated carbocycles. The Labute approximate surface area is 211 Å². The van der Waals surface area contributed by atoms with Gasteiger partial charge in [-0.3, -0.25) is 4.79 Å². The first-order chi connectivity index (χ1) is 16.4. The molecule has 1 aliphatic rings. The number of halogens is 5. The minimum atomic E-state index is -5.87. The average Bonchev–Trinajstić information content (AvgIpc) is 2.79. The lowest BCUT2D eigenvalue weighted by atomic mass is 9.76. The lowest BCUT2D eigenvalue weighted by Gasteiger charge is -2.44. The number of benzene rings is 2. The normalized spacial score (nSPS) is 19.6. The zero-order valence-corrected chi connectivity index (χ0v) is 20.7. The van der Waals surface area contributed by atoms with Crippen molar-refractivity contribution in [2.45, 2.75) is 42.8 Å². The predicted molar refractivity (Wildman–Crippen MR) is 128 cm³/mol. The second-order valence-corrected chi connectivity index (χ2v) is 10.4. The zero-order chi connectivity index (χ0) is 25.9. The highest BCUT2D eigenvalue weighted by atomic mass is 35.5. The van der Waals surface area contributed by atoms with E-state index in [2.05, 4.69) is 21.4 Å². The molecule has 35 heavy (non-hydrogen) atoms. The summed E-state index contributed by atoms with van der Waals surface area (Å²) in [6.45, 7) is 4.45. The Balaban J connectivity index is 2.06. The van der Waals surface area contributed by atoms with E-state index in [1.165, 1.54) is 18.2 Å². The molecule has 0 radical (unpaired) electrons. The number of alkyl halides is 3. The molecule has 2 aromatic rings. The van der Waals surface area contributed by atoms with Crippen LogP contribution in [0.15, 0.2) is 55.1 Å². The minimum Gasteiger partial charge on any atom is -0.376 e. The molecule has 1 fully saturated rings. The summed E-state index contributed by atoms with van der Waals surface area (Å²) in [5.41, 5.74) is -5.89. The van der Waals surface area contributed by atoms with Crippen molar-refractivity contribution in [3.8, 4) is 5.75 Å². The second-order valence-electron chi connectivity index (χ2n) is 8.10. The van der Waals surface area contributed by atoms with Crippen molar-refractivity contribution in [2.24, 2.45) is 0 Å². The lowest BCUT2D eigenvalue weighted by molar-refractivity contribution is -0.0500. The molecule has 2 aromatic carbocycles. The number of piperidine rings is 1. The third kappa shape index (κ3) is 6.11. The highest BCUT2D eigenvalue weighted by molar-refractivity contribution is 7.88. The first-order valence-corrected chi connectivity index (χ1v) is 12.8. The molecule has 190 valence electrons. The topological polar surface area (TPSA) is 84.5 Å². The van der Waals surface area contributed by atoms with Gasteiger partial charge in [0.2, 0.25) is 0 Å². The van der Waals surface area contributed by atoms with Crippen LogP contribution < -0.4 is 14.8 Å². The maximum atomic E-state index is 13.3. The number of amides is 1. The predicted octanol–water partition coefficient (Wildman–Crippen LogP) is 5.78. The summed E-state index contributed by atoms with van der Waals surface area (Å²) in [6.07, 6.45) is 4.42. The molecule has 1 saturated heterocycles. The second kappa shape index (κ2) is 10.8. The fourth-order valence-corrected chi connectivity index (χ4v) is 4.97. The van der Waals surface area contributed by atoms with Crippen molar-refractivity contribution in [2.75, 3.05) is 6.54 Å². The monoisotopic (exact) mass is 550 g/mol. The molecule has 12 heteroatoms. The van der Waals surface area contributed by atoms with E-state index < -0.39 is 38.9 Å². The van der Waals surface area contributed by atoms with Gasteiger partial charge in [0.05, 0.1) is 21.7 Å². The molecule has 3 rings (SSSR count). The Morgan fingerprint density at radius 2 is 1.94 bits per heavy atom. The van der Waals surface area contributed by atoms with E-state index in [9.17, 15) is 26.4 Å². The van der Waals surface area contributed by atoms with Crippen LogP contribution in [0.5, 0.6) is 5.75 Å². The van der Waals surface area contributed by atoms with Gasteiger partial charge in [0, 0.05) is 5.54 Å². The molecule has 1 amide bonds. The molecule has 0 aliphatic carbocycles. The summed E-state index contributed by atoms with van der Waals surface area (Å²) in [5, 5.41) is 6.57. The fourth-order valence-electron chi connectivity index (χ4n) is 4.14. The van der Waals surface area contributed by atoms with Crippen LogP contribution in [0.2, 0.25) is 10.0 Å². The van der Waals surface area contributed by atoms with Crippen molar-refractivity contribution < 1.29 is 30.6 Å². The van der Waals surface area contributed by atoms with Crippen molar-refractivity contribution in [3.63, 3.8) is 0 Å². The van der Waals surface area contributed by atoms with Gasteiger partial charge in [-0.15, -0.1) is 6.58 Å². The van der Waals surface area contributed by atoms with E-state index in [1.54, 1.807) is 18.2 Å². The number of hydrogen-bond donors (Lipinski definition) is 2. The van der Waals surface area contributed by atoms with Crippen LogP contribution in [0.4, 0.5) is 13.2 Å². The number of carbonyl (C=O) groups is 1. The fraction of sp³-hybridized carbons (Fsp3) is 0.348. The molecule has 0 unspecified atom stereocenters. The van der Waals surface area contributed by atoms with Crippen molar-refractivity contribution in [1.29, 1.82) is 0 Å². The van der Waals surface area contributed by atoms with Crippen molar-refractivity contribution >= 4 is 39.2 Å². The Hall–Kier alpha value is -2.27. The Bertz CT molecular complexity index is 1200. The Kier molecular flexibility index (Phi) is 8.41. The first-order valence-electron chi connectivity index (χ1n) is 10.6. The first kappa shape index (κ1) is 27.3. The van der Waals surface area contributed by atoms with Crippen LogP contribution >= 0.6 is 23.2 Å². The summed E-state index contributed by atoms with van der Waals surface area (Å²) in [6, 6.07) is 8.95. The van der Waals surface area contributed by atoms with Crippen LogP contribution in [-0.2, 0) is 10.1 Å². The molecule has 1 heterocycles. The van der Waals surface area contributed by atoms with Gasteiger partial charge in [0.1, 0.15) is 5.75 Å². The summed E-state index contributed by atoms with van der Waals surface area (Å²) < 4.78 is 65.9. The highest BCUT2D eigenvalue weighted by Crippen LogP contribution is 2.38. The van der Waals surface area contributed by atoms with Crippen molar-refractivity contribution in [3.05, 3.63) is 76.3 Å².